The van der Waals surface area contributed by atoms with Gasteiger partial charge in [-0.15, -0.1) is 12.4 Å². The molecule has 0 fully saturated rings. The Bertz CT molecular complexity index is 510. The van der Waals surface area contributed by atoms with Crippen LogP contribution >= 0.6 is 24.2 Å². The molecule has 124 valence electrons. The highest BCUT2D eigenvalue weighted by Gasteiger charge is 2.14. The average Bonchev–Trinajstić information content (AvgIpc) is 2.44. The van der Waals surface area contributed by atoms with Gasteiger partial charge in [0.15, 0.2) is 5.17 Å². The van der Waals surface area contributed by atoms with Crippen molar-refractivity contribution in [2.75, 3.05) is 13.7 Å². The van der Waals surface area contributed by atoms with Gasteiger partial charge in [0.2, 0.25) is 0 Å². The third-order valence-electron chi connectivity index (χ3n) is 2.80. The number of benzene rings is 1. The molecule has 1 aromatic carbocycles. The monoisotopic (exact) mass is 346 g/mol. The largest absolute Gasteiger partial charge is 0.493 e. The third-order valence-corrected chi connectivity index (χ3v) is 3.59. The second-order valence-electron chi connectivity index (χ2n) is 5.01. The molecule has 7 heteroatoms. The van der Waals surface area contributed by atoms with Gasteiger partial charge in [0.25, 0.3) is 0 Å². The Hall–Kier alpha value is -1.40. The van der Waals surface area contributed by atoms with E-state index in [1.807, 2.05) is 6.07 Å². The van der Waals surface area contributed by atoms with Gasteiger partial charge in [0.1, 0.15) is 11.3 Å². The average molecular weight is 347 g/mol. The molecule has 0 aromatic heterocycles. The lowest BCUT2D eigenvalue weighted by atomic mass is 10.1. The minimum atomic E-state index is -0.427. The first-order valence-corrected chi connectivity index (χ1v) is 7.73. The van der Waals surface area contributed by atoms with Gasteiger partial charge in [0, 0.05) is 5.75 Å². The summed E-state index contributed by atoms with van der Waals surface area (Å²) in [7, 11) is 1.34. The summed E-state index contributed by atoms with van der Waals surface area (Å²) >= 11 is 1.21. The summed E-state index contributed by atoms with van der Waals surface area (Å²) < 4.78 is 10.5. The SMILES string of the molecule is COC(=O)c1cc(CSC(=N)N)ccc1OCCC(C)C.Cl. The standard InChI is InChI=1S/C15H22N2O3S.ClH/c1-10(2)6-7-20-13-5-4-11(9-21-15(16)17)8-12(13)14(18)19-3;/h4-5,8,10H,6-7,9H2,1-3H3,(H3,16,17);1H. The first kappa shape index (κ1) is 20.6. The van der Waals surface area contributed by atoms with E-state index in [4.69, 9.17) is 20.6 Å². The normalized spacial score (nSPS) is 10.0. The van der Waals surface area contributed by atoms with Crippen molar-refractivity contribution in [2.45, 2.75) is 26.0 Å². The van der Waals surface area contributed by atoms with Gasteiger partial charge in [-0.1, -0.05) is 31.7 Å². The van der Waals surface area contributed by atoms with Crippen molar-refractivity contribution in [1.29, 1.82) is 5.41 Å². The lowest BCUT2D eigenvalue weighted by molar-refractivity contribution is 0.0595. The van der Waals surface area contributed by atoms with Crippen molar-refractivity contribution in [2.24, 2.45) is 11.7 Å². The van der Waals surface area contributed by atoms with E-state index in [0.717, 1.165) is 12.0 Å². The molecular weight excluding hydrogens is 324 g/mol. The number of ether oxygens (including phenoxy) is 2. The highest BCUT2D eigenvalue weighted by Crippen LogP contribution is 2.24. The van der Waals surface area contributed by atoms with Crippen molar-refractivity contribution in [3.05, 3.63) is 29.3 Å². The van der Waals surface area contributed by atoms with Crippen LogP contribution < -0.4 is 10.5 Å². The highest BCUT2D eigenvalue weighted by molar-refractivity contribution is 8.13. The van der Waals surface area contributed by atoms with Gasteiger partial charge in [-0.2, -0.15) is 0 Å². The van der Waals surface area contributed by atoms with E-state index in [-0.39, 0.29) is 17.6 Å². The molecular formula is C15H23ClN2O3S. The smallest absolute Gasteiger partial charge is 0.341 e. The van der Waals surface area contributed by atoms with Crippen LogP contribution in [0.3, 0.4) is 0 Å². The number of hydrogen-bond acceptors (Lipinski definition) is 5. The number of rotatable bonds is 7. The van der Waals surface area contributed by atoms with E-state index in [0.29, 0.717) is 29.6 Å². The lowest BCUT2D eigenvalue weighted by Crippen LogP contribution is -2.09. The zero-order valence-corrected chi connectivity index (χ0v) is 14.7. The molecule has 1 aromatic rings. The summed E-state index contributed by atoms with van der Waals surface area (Å²) in [4.78, 5) is 11.8. The van der Waals surface area contributed by atoms with Crippen molar-refractivity contribution >= 4 is 35.3 Å². The van der Waals surface area contributed by atoms with Gasteiger partial charge < -0.3 is 15.2 Å². The molecule has 0 spiro atoms. The Labute approximate surface area is 141 Å². The molecule has 0 unspecified atom stereocenters. The molecule has 0 atom stereocenters. The van der Waals surface area contributed by atoms with Crippen LogP contribution in [0.4, 0.5) is 0 Å². The van der Waals surface area contributed by atoms with Crippen LogP contribution in [-0.2, 0) is 10.5 Å². The number of nitrogens with two attached hydrogens (primary N) is 1. The van der Waals surface area contributed by atoms with Crippen LogP contribution in [0.2, 0.25) is 0 Å². The summed E-state index contributed by atoms with van der Waals surface area (Å²) in [6, 6.07) is 5.36. The van der Waals surface area contributed by atoms with Crippen LogP contribution in [0.5, 0.6) is 5.75 Å². The molecule has 22 heavy (non-hydrogen) atoms. The van der Waals surface area contributed by atoms with Crippen molar-refractivity contribution < 1.29 is 14.3 Å². The number of halogens is 1. The van der Waals surface area contributed by atoms with Crippen LogP contribution in [-0.4, -0.2) is 24.9 Å². The maximum atomic E-state index is 11.8. The molecule has 0 heterocycles. The Morgan fingerprint density at radius 2 is 2.09 bits per heavy atom. The van der Waals surface area contributed by atoms with Crippen LogP contribution in [0.25, 0.3) is 0 Å². The van der Waals surface area contributed by atoms with Gasteiger partial charge in [-0.05, 0) is 30.0 Å². The Kier molecular flexibility index (Phi) is 9.69. The fourth-order valence-corrected chi connectivity index (χ4v) is 2.13. The fourth-order valence-electron chi connectivity index (χ4n) is 1.63. The summed E-state index contributed by atoms with van der Waals surface area (Å²) in [6.07, 6.45) is 0.919. The predicted octanol–water partition coefficient (Wildman–Crippen LogP) is 3.45. The molecule has 5 nitrogen and oxygen atoms in total. The van der Waals surface area contributed by atoms with Crippen LogP contribution in [0, 0.1) is 11.3 Å². The van der Waals surface area contributed by atoms with E-state index >= 15 is 0 Å². The van der Waals surface area contributed by atoms with Gasteiger partial charge in [0.05, 0.1) is 13.7 Å². The summed E-state index contributed by atoms with van der Waals surface area (Å²) in [5.74, 6) is 1.17. The number of nitrogens with one attached hydrogen (secondary N) is 1. The van der Waals surface area contributed by atoms with Gasteiger partial charge in [-0.25, -0.2) is 4.79 Å². The van der Waals surface area contributed by atoms with Gasteiger partial charge >= 0.3 is 5.97 Å². The van der Waals surface area contributed by atoms with Crippen molar-refractivity contribution in [3.8, 4) is 5.75 Å². The molecule has 0 aliphatic carbocycles. The fraction of sp³-hybridized carbons (Fsp3) is 0.467. The molecule has 0 amide bonds. The molecule has 0 saturated carbocycles. The number of hydrogen-bond donors (Lipinski definition) is 2. The topological polar surface area (TPSA) is 85.4 Å². The molecule has 0 saturated heterocycles. The number of carbonyl (C=O) groups excluding carboxylic acids is 1. The van der Waals surface area contributed by atoms with Crippen LogP contribution in [0.15, 0.2) is 18.2 Å². The molecule has 3 N–H and O–H groups in total. The predicted molar refractivity (Wildman–Crippen MR) is 93.2 cm³/mol. The van der Waals surface area contributed by atoms with E-state index in [9.17, 15) is 4.79 Å². The molecule has 0 bridgehead atoms. The number of methoxy groups -OCH3 is 1. The third kappa shape index (κ3) is 7.04. The number of amidine groups is 1. The second-order valence-corrected chi connectivity index (χ2v) is 6.02. The molecule has 1 rings (SSSR count). The van der Waals surface area contributed by atoms with Crippen molar-refractivity contribution in [3.63, 3.8) is 0 Å². The Morgan fingerprint density at radius 3 is 2.64 bits per heavy atom. The first-order chi connectivity index (χ1) is 9.93. The Morgan fingerprint density at radius 1 is 1.41 bits per heavy atom. The van der Waals surface area contributed by atoms with E-state index < -0.39 is 5.97 Å². The zero-order chi connectivity index (χ0) is 15.8. The minimum Gasteiger partial charge on any atom is -0.493 e. The zero-order valence-electron chi connectivity index (χ0n) is 13.0. The summed E-state index contributed by atoms with van der Waals surface area (Å²) in [5.41, 5.74) is 6.62. The van der Waals surface area contributed by atoms with Crippen LogP contribution in [0.1, 0.15) is 36.2 Å². The number of carbonyl (C=O) groups is 1. The molecule has 0 aliphatic rings. The second kappa shape index (κ2) is 10.3. The lowest BCUT2D eigenvalue weighted by Gasteiger charge is -2.13. The van der Waals surface area contributed by atoms with E-state index in [1.54, 1.807) is 12.1 Å². The number of esters is 1. The highest BCUT2D eigenvalue weighted by atomic mass is 35.5. The molecule has 0 radical (unpaired) electrons. The van der Waals surface area contributed by atoms with Gasteiger partial charge in [-0.3, -0.25) is 5.41 Å². The summed E-state index contributed by atoms with van der Waals surface area (Å²) in [6.45, 7) is 4.79. The first-order valence-electron chi connectivity index (χ1n) is 6.75. The van der Waals surface area contributed by atoms with E-state index in [1.165, 1.54) is 18.9 Å². The quantitative estimate of drug-likeness (QED) is 0.448. The molecule has 0 aliphatic heterocycles. The van der Waals surface area contributed by atoms with E-state index in [2.05, 4.69) is 13.8 Å². The minimum absolute atomic E-state index is 0. The maximum Gasteiger partial charge on any atom is 0.341 e. The maximum absolute atomic E-state index is 11.8. The Balaban J connectivity index is 0.00000441. The van der Waals surface area contributed by atoms with Crippen molar-refractivity contribution in [1.82, 2.24) is 0 Å². The summed E-state index contributed by atoms with van der Waals surface area (Å²) in [5, 5.41) is 7.26. The number of thioether (sulfide) groups is 1.